The van der Waals surface area contributed by atoms with Crippen LogP contribution in [0, 0.1) is 5.92 Å². The Morgan fingerprint density at radius 1 is 1.17 bits per heavy atom. The van der Waals surface area contributed by atoms with Gasteiger partial charge in [-0.25, -0.2) is 4.98 Å². The van der Waals surface area contributed by atoms with Gasteiger partial charge in [0.15, 0.2) is 0 Å². The number of benzene rings is 2. The van der Waals surface area contributed by atoms with Crippen molar-refractivity contribution in [2.24, 2.45) is 5.92 Å². The Morgan fingerprint density at radius 3 is 2.63 bits per heavy atom. The Kier molecular flexibility index (Phi) is 5.93. The average molecular weight is 402 g/mol. The zero-order valence-electron chi connectivity index (χ0n) is 17.1. The van der Waals surface area contributed by atoms with Gasteiger partial charge in [-0.15, -0.1) is 0 Å². The summed E-state index contributed by atoms with van der Waals surface area (Å²) in [5.74, 6) is -0.291. The van der Waals surface area contributed by atoms with Crippen LogP contribution in [0.3, 0.4) is 0 Å². The van der Waals surface area contributed by atoms with Gasteiger partial charge in [-0.05, 0) is 36.6 Å². The van der Waals surface area contributed by atoms with Gasteiger partial charge in [0.25, 0.3) is 0 Å². The molecule has 3 aromatic rings. The molecule has 1 aromatic heterocycles. The van der Waals surface area contributed by atoms with E-state index in [0.29, 0.717) is 13.1 Å². The summed E-state index contributed by atoms with van der Waals surface area (Å²) in [6.45, 7) is 3.11. The van der Waals surface area contributed by atoms with Crippen LogP contribution < -0.4 is 5.32 Å². The minimum absolute atomic E-state index is 0.0586. The van der Waals surface area contributed by atoms with E-state index in [9.17, 15) is 9.59 Å². The highest BCUT2D eigenvalue weighted by Gasteiger charge is 2.34. The van der Waals surface area contributed by atoms with E-state index in [1.54, 1.807) is 12.5 Å². The molecule has 1 aliphatic rings. The van der Waals surface area contributed by atoms with Crippen LogP contribution in [-0.4, -0.2) is 39.4 Å². The van der Waals surface area contributed by atoms with E-state index < -0.39 is 0 Å². The molecule has 0 aliphatic carbocycles. The molecule has 0 spiro atoms. The summed E-state index contributed by atoms with van der Waals surface area (Å²) in [7, 11) is 0. The Labute approximate surface area is 176 Å². The lowest BCUT2D eigenvalue weighted by atomic mass is 10.0. The number of nitrogens with one attached hydrogen (secondary N) is 1. The lowest BCUT2D eigenvalue weighted by Gasteiger charge is -2.19. The van der Waals surface area contributed by atoms with Crippen molar-refractivity contribution < 1.29 is 9.59 Å². The first-order chi connectivity index (χ1) is 14.6. The van der Waals surface area contributed by atoms with Crippen molar-refractivity contribution in [3.63, 3.8) is 0 Å². The molecule has 1 aliphatic heterocycles. The fourth-order valence-electron chi connectivity index (χ4n) is 3.83. The second-order valence-electron chi connectivity index (χ2n) is 7.77. The van der Waals surface area contributed by atoms with Gasteiger partial charge in [0.2, 0.25) is 11.8 Å². The SMILES string of the molecule is C[C@H](NC(=O)[C@@H]1CC(=O)N(CCc2ccccc2)C1)c1ccc(-n2ccnc2)cc1. The van der Waals surface area contributed by atoms with Crippen LogP contribution in [0.25, 0.3) is 5.69 Å². The van der Waals surface area contributed by atoms with Gasteiger partial charge >= 0.3 is 0 Å². The van der Waals surface area contributed by atoms with Crippen molar-refractivity contribution >= 4 is 11.8 Å². The second kappa shape index (κ2) is 8.95. The molecule has 154 valence electrons. The number of carbonyl (C=O) groups is 2. The maximum Gasteiger partial charge on any atom is 0.225 e. The lowest BCUT2D eigenvalue weighted by molar-refractivity contribution is -0.129. The number of carbonyl (C=O) groups excluding carboxylic acids is 2. The minimum Gasteiger partial charge on any atom is -0.349 e. The van der Waals surface area contributed by atoms with E-state index in [1.165, 1.54) is 5.56 Å². The molecule has 2 atom stereocenters. The molecule has 0 unspecified atom stereocenters. The van der Waals surface area contributed by atoms with Crippen molar-refractivity contribution in [3.8, 4) is 5.69 Å². The highest BCUT2D eigenvalue weighted by Crippen LogP contribution is 2.21. The molecular formula is C24H26N4O2. The van der Waals surface area contributed by atoms with E-state index in [4.69, 9.17) is 0 Å². The Balaban J connectivity index is 1.30. The van der Waals surface area contributed by atoms with Crippen molar-refractivity contribution in [2.75, 3.05) is 13.1 Å². The largest absolute Gasteiger partial charge is 0.349 e. The highest BCUT2D eigenvalue weighted by molar-refractivity contribution is 5.89. The zero-order chi connectivity index (χ0) is 20.9. The van der Waals surface area contributed by atoms with Crippen molar-refractivity contribution in [3.05, 3.63) is 84.4 Å². The number of hydrogen-bond acceptors (Lipinski definition) is 3. The van der Waals surface area contributed by atoms with Gasteiger partial charge in [-0.1, -0.05) is 42.5 Å². The monoisotopic (exact) mass is 402 g/mol. The topological polar surface area (TPSA) is 67.2 Å². The third kappa shape index (κ3) is 4.59. The zero-order valence-corrected chi connectivity index (χ0v) is 17.1. The van der Waals surface area contributed by atoms with Gasteiger partial charge in [-0.3, -0.25) is 9.59 Å². The first-order valence-corrected chi connectivity index (χ1v) is 10.3. The molecule has 0 saturated carbocycles. The predicted molar refractivity (Wildman–Crippen MR) is 115 cm³/mol. The summed E-state index contributed by atoms with van der Waals surface area (Å²) in [6.07, 6.45) is 6.47. The van der Waals surface area contributed by atoms with Gasteiger partial charge in [0, 0.05) is 37.6 Å². The molecule has 4 rings (SSSR count). The van der Waals surface area contributed by atoms with Gasteiger partial charge in [0.1, 0.15) is 0 Å². The Bertz CT molecular complexity index is 984. The molecule has 2 heterocycles. The molecule has 6 heteroatoms. The number of nitrogens with zero attached hydrogens (tertiary/aromatic N) is 3. The van der Waals surface area contributed by atoms with Crippen LogP contribution >= 0.6 is 0 Å². The normalized spacial score (nSPS) is 17.2. The molecule has 1 fully saturated rings. The minimum atomic E-state index is -0.291. The van der Waals surface area contributed by atoms with Crippen LogP contribution in [0.1, 0.15) is 30.5 Å². The Hall–Kier alpha value is -3.41. The van der Waals surface area contributed by atoms with Crippen LogP contribution in [0.5, 0.6) is 0 Å². The third-order valence-corrected chi connectivity index (χ3v) is 5.65. The van der Waals surface area contributed by atoms with E-state index in [-0.39, 0.29) is 30.2 Å². The standard InChI is InChI=1S/C24H26N4O2/c1-18(20-7-9-22(10-8-20)28-14-12-25-17-28)26-24(30)21-15-23(29)27(16-21)13-11-19-5-3-2-4-6-19/h2-10,12,14,17-18,21H,11,13,15-16H2,1H3,(H,26,30)/t18-,21+/m0/s1. The van der Waals surface area contributed by atoms with Gasteiger partial charge in [-0.2, -0.15) is 0 Å². The number of rotatable bonds is 7. The first-order valence-electron chi connectivity index (χ1n) is 10.3. The quantitative estimate of drug-likeness (QED) is 0.660. The van der Waals surface area contributed by atoms with E-state index in [1.807, 2.05) is 65.1 Å². The smallest absolute Gasteiger partial charge is 0.225 e. The summed E-state index contributed by atoms with van der Waals surface area (Å²) in [4.78, 5) is 31.0. The highest BCUT2D eigenvalue weighted by atomic mass is 16.2. The molecule has 6 nitrogen and oxygen atoms in total. The first kappa shape index (κ1) is 19.9. The summed E-state index contributed by atoms with van der Waals surface area (Å²) >= 11 is 0. The second-order valence-corrected chi connectivity index (χ2v) is 7.77. The summed E-state index contributed by atoms with van der Waals surface area (Å²) < 4.78 is 1.93. The summed E-state index contributed by atoms with van der Waals surface area (Å²) in [6, 6.07) is 18.0. The number of amides is 2. The molecular weight excluding hydrogens is 376 g/mol. The van der Waals surface area contributed by atoms with Crippen molar-refractivity contribution in [1.29, 1.82) is 0 Å². The van der Waals surface area contributed by atoms with Crippen LogP contribution in [0.4, 0.5) is 0 Å². The van der Waals surface area contributed by atoms with Crippen molar-refractivity contribution in [2.45, 2.75) is 25.8 Å². The Morgan fingerprint density at radius 2 is 1.93 bits per heavy atom. The van der Waals surface area contributed by atoms with Crippen LogP contribution in [0.2, 0.25) is 0 Å². The lowest BCUT2D eigenvalue weighted by Crippen LogP contribution is -2.35. The molecule has 0 bridgehead atoms. The maximum absolute atomic E-state index is 12.7. The molecule has 1 N–H and O–H groups in total. The van der Waals surface area contributed by atoms with Crippen LogP contribution in [0.15, 0.2) is 73.3 Å². The number of imidazole rings is 1. The number of aromatic nitrogens is 2. The fraction of sp³-hybridized carbons (Fsp3) is 0.292. The summed E-state index contributed by atoms with van der Waals surface area (Å²) in [5.41, 5.74) is 3.24. The number of likely N-dealkylation sites (tertiary alicyclic amines) is 1. The molecule has 30 heavy (non-hydrogen) atoms. The predicted octanol–water partition coefficient (Wildman–Crippen LogP) is 3.14. The van der Waals surface area contributed by atoms with Crippen LogP contribution in [-0.2, 0) is 16.0 Å². The maximum atomic E-state index is 12.7. The number of hydrogen-bond donors (Lipinski definition) is 1. The van der Waals surface area contributed by atoms with E-state index in [2.05, 4.69) is 22.4 Å². The van der Waals surface area contributed by atoms with E-state index in [0.717, 1.165) is 17.7 Å². The molecule has 0 radical (unpaired) electrons. The van der Waals surface area contributed by atoms with E-state index >= 15 is 0 Å². The molecule has 2 aromatic carbocycles. The molecule has 2 amide bonds. The average Bonchev–Trinajstić information content (AvgIpc) is 3.43. The van der Waals surface area contributed by atoms with Gasteiger partial charge in [0.05, 0.1) is 18.3 Å². The van der Waals surface area contributed by atoms with Gasteiger partial charge < -0.3 is 14.8 Å². The third-order valence-electron chi connectivity index (χ3n) is 5.65. The summed E-state index contributed by atoms with van der Waals surface area (Å²) in [5, 5.41) is 3.07. The molecule has 1 saturated heterocycles. The van der Waals surface area contributed by atoms with Crippen molar-refractivity contribution in [1.82, 2.24) is 19.8 Å². The fourth-order valence-corrected chi connectivity index (χ4v) is 3.83.